The van der Waals surface area contributed by atoms with E-state index in [1.54, 1.807) is 12.4 Å². The Hall–Kier alpha value is -1.40. The van der Waals surface area contributed by atoms with Gasteiger partial charge in [0.15, 0.2) is 11.5 Å². The summed E-state index contributed by atoms with van der Waals surface area (Å²) in [5, 5.41) is 16.8. The third-order valence-corrected chi connectivity index (χ3v) is 6.27. The molecule has 2 unspecified atom stereocenters. The highest BCUT2D eigenvalue weighted by Gasteiger charge is 2.59. The average molecular weight is 334 g/mol. The Labute approximate surface area is 139 Å². The minimum Gasteiger partial charge on any atom is -0.448 e. The second-order valence-electron chi connectivity index (χ2n) is 7.75. The number of hydrogen-bond donors (Lipinski definition) is 1. The summed E-state index contributed by atoms with van der Waals surface area (Å²) in [5.74, 6) is 2.42. The molecule has 0 spiro atoms. The molecule has 0 amide bonds. The van der Waals surface area contributed by atoms with Crippen LogP contribution in [0.1, 0.15) is 44.3 Å². The van der Waals surface area contributed by atoms with E-state index in [-0.39, 0.29) is 11.1 Å². The number of hydrogen-bond acceptors (Lipinski definition) is 5. The lowest BCUT2D eigenvalue weighted by Gasteiger charge is -2.61. The van der Waals surface area contributed by atoms with E-state index in [2.05, 4.69) is 20.7 Å². The van der Waals surface area contributed by atoms with Gasteiger partial charge >= 0.3 is 0 Å². The smallest absolute Gasteiger partial charge is 0.193 e. The lowest BCUT2D eigenvalue weighted by atomic mass is 9.50. The van der Waals surface area contributed by atoms with Crippen molar-refractivity contribution in [2.45, 2.75) is 56.1 Å². The molecule has 4 bridgehead atoms. The molecule has 122 valence electrons. The molecule has 4 aliphatic carbocycles. The van der Waals surface area contributed by atoms with Crippen LogP contribution in [-0.4, -0.2) is 25.7 Å². The number of nitrogens with one attached hydrogen (secondary N) is 1. The fraction of sp³-hybridized carbons (Fsp3) is 0.688. The lowest BCUT2D eigenvalue weighted by Crippen LogP contribution is -2.65. The van der Waals surface area contributed by atoms with Crippen molar-refractivity contribution in [2.75, 3.05) is 0 Å². The predicted molar refractivity (Wildman–Crippen MR) is 83.8 cm³/mol. The molecule has 7 heteroatoms. The first-order chi connectivity index (χ1) is 11.1. The topological polar surface area (TPSA) is 68.8 Å². The van der Waals surface area contributed by atoms with Crippen molar-refractivity contribution in [3.63, 3.8) is 0 Å². The Bertz CT molecular complexity index is 698. The number of rotatable bonds is 4. The summed E-state index contributed by atoms with van der Waals surface area (Å²) in [6, 6.07) is 3.75. The number of halogens is 1. The van der Waals surface area contributed by atoms with Gasteiger partial charge in [-0.25, -0.2) is 0 Å². The van der Waals surface area contributed by atoms with E-state index in [0.717, 1.165) is 30.6 Å². The summed E-state index contributed by atoms with van der Waals surface area (Å²) in [7, 11) is 0. The van der Waals surface area contributed by atoms with Crippen LogP contribution in [0.2, 0.25) is 5.22 Å². The van der Waals surface area contributed by atoms with Crippen molar-refractivity contribution >= 4 is 11.6 Å². The molecule has 0 aromatic carbocycles. The third kappa shape index (κ3) is 2.22. The summed E-state index contributed by atoms with van der Waals surface area (Å²) in [6.45, 7) is 0.729. The van der Waals surface area contributed by atoms with Gasteiger partial charge in [-0.3, -0.25) is 0 Å². The molecule has 1 N–H and O–H groups in total. The zero-order chi connectivity index (χ0) is 15.5. The van der Waals surface area contributed by atoms with E-state index >= 15 is 0 Å². The van der Waals surface area contributed by atoms with Crippen molar-refractivity contribution in [3.8, 4) is 0 Å². The number of aromatic nitrogens is 4. The number of furan rings is 1. The summed E-state index contributed by atoms with van der Waals surface area (Å²) in [6.07, 6.45) is 8.86. The van der Waals surface area contributed by atoms with Gasteiger partial charge in [-0.15, -0.1) is 10.2 Å². The van der Waals surface area contributed by atoms with Crippen LogP contribution in [0, 0.1) is 11.8 Å². The Balaban J connectivity index is 1.42. The van der Waals surface area contributed by atoms with Gasteiger partial charge in [0.05, 0.1) is 12.1 Å². The minimum absolute atomic E-state index is 0.0500. The quantitative estimate of drug-likeness (QED) is 0.931. The summed E-state index contributed by atoms with van der Waals surface area (Å²) >= 11 is 5.88. The maximum atomic E-state index is 5.88. The van der Waals surface area contributed by atoms with Crippen molar-refractivity contribution in [3.05, 3.63) is 29.4 Å². The van der Waals surface area contributed by atoms with Gasteiger partial charge in [0.1, 0.15) is 5.76 Å². The van der Waals surface area contributed by atoms with Crippen LogP contribution in [0.25, 0.3) is 0 Å². The van der Waals surface area contributed by atoms with Crippen LogP contribution in [0.5, 0.6) is 0 Å². The molecule has 2 aromatic rings. The van der Waals surface area contributed by atoms with Gasteiger partial charge in [-0.05, 0) is 79.3 Å². The fourth-order valence-corrected chi connectivity index (χ4v) is 5.92. The largest absolute Gasteiger partial charge is 0.448 e. The number of nitrogens with zero attached hydrogens (tertiary/aromatic N) is 4. The minimum atomic E-state index is 0.0500. The fourth-order valence-electron chi connectivity index (χ4n) is 5.76. The van der Waals surface area contributed by atoms with Gasteiger partial charge in [0.25, 0.3) is 0 Å². The van der Waals surface area contributed by atoms with Gasteiger partial charge < -0.3 is 9.73 Å². The normalized spacial score (nSPS) is 38.3. The number of tetrazole rings is 1. The highest BCUT2D eigenvalue weighted by molar-refractivity contribution is 6.28. The van der Waals surface area contributed by atoms with Crippen molar-refractivity contribution < 1.29 is 4.42 Å². The Morgan fingerprint density at radius 2 is 2.09 bits per heavy atom. The molecular weight excluding hydrogens is 314 g/mol. The van der Waals surface area contributed by atoms with Crippen LogP contribution in [-0.2, 0) is 12.1 Å². The first-order valence-electron chi connectivity index (χ1n) is 8.38. The first-order valence-corrected chi connectivity index (χ1v) is 8.75. The maximum absolute atomic E-state index is 5.88. The van der Waals surface area contributed by atoms with Crippen LogP contribution >= 0.6 is 11.6 Å². The van der Waals surface area contributed by atoms with E-state index in [9.17, 15) is 0 Å². The van der Waals surface area contributed by atoms with Crippen LogP contribution in [0.4, 0.5) is 0 Å². The standard InChI is InChI=1S/C16H20ClN5O/c17-14-2-1-13(23-14)8-18-15-4-11-3-12(5-15)7-16(6-11,9-15)22-20-10-19-21-22/h1-2,10-12,18H,3-9H2. The molecule has 6 rings (SSSR count). The van der Waals surface area contributed by atoms with E-state index in [4.69, 9.17) is 16.0 Å². The molecule has 6 nitrogen and oxygen atoms in total. The van der Waals surface area contributed by atoms with Crippen molar-refractivity contribution in [1.29, 1.82) is 0 Å². The first kappa shape index (κ1) is 14.0. The van der Waals surface area contributed by atoms with Crippen LogP contribution in [0.3, 0.4) is 0 Å². The molecule has 2 heterocycles. The van der Waals surface area contributed by atoms with Crippen LogP contribution < -0.4 is 5.32 Å². The Morgan fingerprint density at radius 3 is 2.74 bits per heavy atom. The van der Waals surface area contributed by atoms with E-state index in [1.807, 2.05) is 10.9 Å². The molecule has 4 aliphatic rings. The highest BCUT2D eigenvalue weighted by Crippen LogP contribution is 2.60. The SMILES string of the molecule is Clc1ccc(CNC23CC4CC(C2)CC(n2ncnn2)(C4)C3)o1. The summed E-state index contributed by atoms with van der Waals surface area (Å²) in [4.78, 5) is 1.89. The van der Waals surface area contributed by atoms with E-state index in [0.29, 0.717) is 5.22 Å². The van der Waals surface area contributed by atoms with Gasteiger partial charge in [0, 0.05) is 5.54 Å². The summed E-state index contributed by atoms with van der Waals surface area (Å²) in [5.41, 5.74) is 0.214. The molecule has 0 radical (unpaired) electrons. The summed E-state index contributed by atoms with van der Waals surface area (Å²) < 4.78 is 5.51. The van der Waals surface area contributed by atoms with Gasteiger partial charge in [-0.1, -0.05) is 0 Å². The second kappa shape index (κ2) is 4.80. The van der Waals surface area contributed by atoms with Crippen LogP contribution in [0.15, 0.2) is 22.9 Å². The molecule has 0 aliphatic heterocycles. The van der Waals surface area contributed by atoms with Gasteiger partial charge in [0.2, 0.25) is 0 Å². The highest BCUT2D eigenvalue weighted by atomic mass is 35.5. The Kier molecular flexibility index (Phi) is 2.92. The second-order valence-corrected chi connectivity index (χ2v) is 8.12. The van der Waals surface area contributed by atoms with Gasteiger partial charge in [-0.2, -0.15) is 4.80 Å². The molecule has 23 heavy (non-hydrogen) atoms. The monoisotopic (exact) mass is 333 g/mol. The predicted octanol–water partition coefficient (Wildman–Crippen LogP) is 2.76. The maximum Gasteiger partial charge on any atom is 0.193 e. The zero-order valence-corrected chi connectivity index (χ0v) is 13.7. The molecule has 2 aromatic heterocycles. The third-order valence-electron chi connectivity index (χ3n) is 6.07. The average Bonchev–Trinajstić information content (AvgIpc) is 3.15. The molecule has 4 saturated carbocycles. The molecule has 2 atom stereocenters. The molecule has 4 fully saturated rings. The van der Waals surface area contributed by atoms with Crippen molar-refractivity contribution in [2.24, 2.45) is 11.8 Å². The van der Waals surface area contributed by atoms with E-state index in [1.165, 1.54) is 32.1 Å². The van der Waals surface area contributed by atoms with Crippen molar-refractivity contribution in [1.82, 2.24) is 25.5 Å². The van der Waals surface area contributed by atoms with E-state index < -0.39 is 0 Å². The molecule has 0 saturated heterocycles. The lowest BCUT2D eigenvalue weighted by molar-refractivity contribution is -0.0858. The zero-order valence-electron chi connectivity index (χ0n) is 12.9. The molecular formula is C16H20ClN5O. The Morgan fingerprint density at radius 1 is 1.26 bits per heavy atom.